The Hall–Kier alpha value is -6.05. The summed E-state index contributed by atoms with van der Waals surface area (Å²) in [6, 6.07) is 31.0. The van der Waals surface area contributed by atoms with Gasteiger partial charge in [0.05, 0.1) is 18.8 Å². The Balaban J connectivity index is 1.22. The van der Waals surface area contributed by atoms with Crippen LogP contribution in [0.25, 0.3) is 11.1 Å². The number of para-hydroxylation sites is 2. The third-order valence-electron chi connectivity index (χ3n) is 10.7. The van der Waals surface area contributed by atoms with Gasteiger partial charge in [0.15, 0.2) is 11.4 Å². The molecular formula is C49H55ClN4O9. The Labute approximate surface area is 372 Å². The number of ketones is 2. The van der Waals surface area contributed by atoms with E-state index in [1.165, 1.54) is 4.90 Å². The number of nitrogens with zero attached hydrogens (tertiary/aromatic N) is 2. The number of fused-ring (bicyclic) bond motifs is 1. The molecule has 0 aliphatic carbocycles. The smallest absolute Gasteiger partial charge is 0.408 e. The summed E-state index contributed by atoms with van der Waals surface area (Å²) >= 11 is 6.12. The fraction of sp³-hybridized carbons (Fsp3) is 0.388. The van der Waals surface area contributed by atoms with E-state index in [1.54, 1.807) is 57.2 Å². The number of oxazole rings is 1. The van der Waals surface area contributed by atoms with Crippen molar-refractivity contribution < 1.29 is 42.6 Å². The topological polar surface area (TPSA) is 166 Å². The Morgan fingerprint density at radius 3 is 2.17 bits per heavy atom. The van der Waals surface area contributed by atoms with Crippen LogP contribution in [-0.2, 0) is 43.4 Å². The summed E-state index contributed by atoms with van der Waals surface area (Å²) in [4.78, 5) is 75.1. The molecule has 1 aliphatic heterocycles. The van der Waals surface area contributed by atoms with E-state index in [2.05, 4.69) is 15.6 Å². The Bertz CT molecular complexity index is 2260. The number of benzene rings is 4. The normalized spacial score (nSPS) is 16.0. The first-order chi connectivity index (χ1) is 30.3. The molecule has 14 heteroatoms. The molecule has 4 atom stereocenters. The summed E-state index contributed by atoms with van der Waals surface area (Å²) in [6.45, 7) is 5.93. The van der Waals surface area contributed by atoms with Gasteiger partial charge in [0.1, 0.15) is 23.8 Å². The highest BCUT2D eigenvalue weighted by atomic mass is 35.5. The maximum Gasteiger partial charge on any atom is 0.408 e. The summed E-state index contributed by atoms with van der Waals surface area (Å²) < 4.78 is 23.1. The minimum atomic E-state index is -1.05. The monoisotopic (exact) mass is 878 g/mol. The molecule has 1 fully saturated rings. The van der Waals surface area contributed by atoms with Gasteiger partial charge in [-0.05, 0) is 87.4 Å². The molecule has 3 amide bonds. The molecule has 2 heterocycles. The molecule has 1 saturated heterocycles. The molecular weight excluding hydrogens is 824 g/mol. The number of rotatable bonds is 20. The number of carbonyl (C=O) groups excluding carboxylic acids is 5. The lowest BCUT2D eigenvalue weighted by Gasteiger charge is -2.29. The molecule has 0 spiro atoms. The Morgan fingerprint density at radius 2 is 1.48 bits per heavy atom. The molecule has 5 aromatic rings. The fourth-order valence-electron chi connectivity index (χ4n) is 7.46. The molecule has 2 N–H and O–H groups in total. The molecule has 4 aromatic carbocycles. The van der Waals surface area contributed by atoms with E-state index in [4.69, 9.17) is 30.2 Å². The molecule has 0 bridgehead atoms. The first-order valence-electron chi connectivity index (χ1n) is 21.4. The standard InChI is InChI=1S/C49H55ClN4O9/c1-49(2,3)63-47(58)51-27-13-12-18-36(44(56)45-52-39-19-10-11-20-43(39)62-45)28-42(55)41-29-38(60-31-35-21-24-37(50)25-22-35)30-54(41)46(57)40(26-23-33-14-6-4-7-15-33)53-48(59)61-32-34-16-8-5-9-17-34/h4-11,14-17,19-22,24-25,36,38,40-41H,12-13,18,23,26-32H2,1-3H3,(H,51,58)(H,53,59)/t36-,38-,40-,41+/m1/s1. The summed E-state index contributed by atoms with van der Waals surface area (Å²) in [5.74, 6) is -2.19. The second-order valence-electron chi connectivity index (χ2n) is 16.7. The van der Waals surface area contributed by atoms with Crippen LogP contribution in [0, 0.1) is 5.92 Å². The van der Waals surface area contributed by atoms with Crippen molar-refractivity contribution in [1.29, 1.82) is 0 Å². The van der Waals surface area contributed by atoms with Gasteiger partial charge in [-0.1, -0.05) is 103 Å². The Morgan fingerprint density at radius 1 is 0.810 bits per heavy atom. The number of Topliss-reactive ketones (excluding diaryl/α,β-unsaturated/α-hetero) is 2. The van der Waals surface area contributed by atoms with Crippen LogP contribution < -0.4 is 10.6 Å². The lowest BCUT2D eigenvalue weighted by molar-refractivity contribution is -0.139. The molecule has 0 saturated carbocycles. The first-order valence-corrected chi connectivity index (χ1v) is 21.8. The van der Waals surface area contributed by atoms with Crippen molar-refractivity contribution in [3.05, 3.63) is 137 Å². The van der Waals surface area contributed by atoms with Gasteiger partial charge in [-0.25, -0.2) is 14.6 Å². The predicted molar refractivity (Wildman–Crippen MR) is 238 cm³/mol. The number of ether oxygens (including phenoxy) is 3. The van der Waals surface area contributed by atoms with E-state index in [9.17, 15) is 24.0 Å². The lowest BCUT2D eigenvalue weighted by atomic mass is 9.89. The van der Waals surface area contributed by atoms with E-state index in [0.29, 0.717) is 41.9 Å². The number of halogens is 1. The lowest BCUT2D eigenvalue weighted by Crippen LogP contribution is -2.52. The van der Waals surface area contributed by atoms with Crippen LogP contribution in [0.4, 0.5) is 9.59 Å². The van der Waals surface area contributed by atoms with Gasteiger partial charge >= 0.3 is 12.2 Å². The van der Waals surface area contributed by atoms with Crippen LogP contribution in [0.15, 0.2) is 114 Å². The third kappa shape index (κ3) is 14.2. The average Bonchev–Trinajstić information content (AvgIpc) is 3.91. The highest BCUT2D eigenvalue weighted by Crippen LogP contribution is 2.29. The van der Waals surface area contributed by atoms with Gasteiger partial charge in [-0.2, -0.15) is 0 Å². The van der Waals surface area contributed by atoms with Crippen molar-refractivity contribution in [3.63, 3.8) is 0 Å². The molecule has 0 unspecified atom stereocenters. The van der Waals surface area contributed by atoms with E-state index >= 15 is 0 Å². The van der Waals surface area contributed by atoms with E-state index < -0.39 is 53.6 Å². The van der Waals surface area contributed by atoms with Crippen LogP contribution in [0.5, 0.6) is 0 Å². The van der Waals surface area contributed by atoms with Crippen molar-refractivity contribution in [3.8, 4) is 0 Å². The fourth-order valence-corrected chi connectivity index (χ4v) is 7.59. The maximum absolute atomic E-state index is 14.8. The van der Waals surface area contributed by atoms with E-state index in [0.717, 1.165) is 16.7 Å². The number of amides is 3. The van der Waals surface area contributed by atoms with Crippen molar-refractivity contribution in [2.24, 2.45) is 5.92 Å². The van der Waals surface area contributed by atoms with Crippen molar-refractivity contribution >= 4 is 52.4 Å². The number of alkyl carbamates (subject to hydrolysis) is 2. The highest BCUT2D eigenvalue weighted by molar-refractivity contribution is 6.30. The zero-order valence-electron chi connectivity index (χ0n) is 35.9. The highest BCUT2D eigenvalue weighted by Gasteiger charge is 2.43. The first kappa shape index (κ1) is 46.5. The SMILES string of the molecule is CC(C)(C)OC(=O)NCCCC[C@H](CC(=O)[C@@H]1C[C@@H](OCc2ccc(Cl)cc2)CN1C(=O)[C@@H](CCc1ccccc1)NC(=O)OCc1ccccc1)C(=O)c1nc2ccccc2o1. The molecule has 0 radical (unpaired) electrons. The van der Waals surface area contributed by atoms with Gasteiger partial charge < -0.3 is 34.2 Å². The van der Waals surface area contributed by atoms with Crippen molar-refractivity contribution in [2.45, 2.75) is 103 Å². The quantitative estimate of drug-likeness (QED) is 0.0569. The number of hydrogen-bond donors (Lipinski definition) is 2. The third-order valence-corrected chi connectivity index (χ3v) is 10.9. The summed E-state index contributed by atoms with van der Waals surface area (Å²) in [7, 11) is 0. The predicted octanol–water partition coefficient (Wildman–Crippen LogP) is 9.05. The largest absolute Gasteiger partial charge is 0.445 e. The number of unbranched alkanes of at least 4 members (excludes halogenated alkanes) is 1. The zero-order chi connectivity index (χ0) is 44.8. The number of aryl methyl sites for hydroxylation is 1. The number of aromatic nitrogens is 1. The Kier molecular flexibility index (Phi) is 16.5. The number of carbonyl (C=O) groups is 5. The van der Waals surface area contributed by atoms with Gasteiger partial charge in [0.25, 0.3) is 5.89 Å². The molecule has 13 nitrogen and oxygen atoms in total. The molecule has 1 aromatic heterocycles. The van der Waals surface area contributed by atoms with E-state index in [1.807, 2.05) is 72.8 Å². The second-order valence-corrected chi connectivity index (χ2v) is 17.2. The van der Waals surface area contributed by atoms with Crippen LogP contribution >= 0.6 is 11.6 Å². The molecule has 1 aliphatic rings. The van der Waals surface area contributed by atoms with Gasteiger partial charge in [0, 0.05) is 36.9 Å². The number of nitrogens with one attached hydrogen (secondary N) is 2. The van der Waals surface area contributed by atoms with Crippen LogP contribution in [0.1, 0.15) is 86.7 Å². The number of hydrogen-bond acceptors (Lipinski definition) is 10. The minimum absolute atomic E-state index is 0.00424. The number of likely N-dealkylation sites (tertiary alicyclic amines) is 1. The van der Waals surface area contributed by atoms with Crippen molar-refractivity contribution in [2.75, 3.05) is 13.1 Å². The second kappa shape index (κ2) is 22.3. The maximum atomic E-state index is 14.8. The van der Waals surface area contributed by atoms with Gasteiger partial charge in [0.2, 0.25) is 11.7 Å². The van der Waals surface area contributed by atoms with Gasteiger partial charge in [-0.15, -0.1) is 0 Å². The average molecular weight is 879 g/mol. The summed E-state index contributed by atoms with van der Waals surface area (Å²) in [5.41, 5.74) is 2.91. The zero-order valence-corrected chi connectivity index (χ0v) is 36.7. The molecule has 6 rings (SSSR count). The minimum Gasteiger partial charge on any atom is -0.445 e. The van der Waals surface area contributed by atoms with Gasteiger partial charge in [-0.3, -0.25) is 14.4 Å². The van der Waals surface area contributed by atoms with Crippen LogP contribution in [0.3, 0.4) is 0 Å². The summed E-state index contributed by atoms with van der Waals surface area (Å²) in [6.07, 6.45) is 0.0714. The van der Waals surface area contributed by atoms with Crippen LogP contribution in [-0.4, -0.2) is 76.4 Å². The van der Waals surface area contributed by atoms with Crippen molar-refractivity contribution in [1.82, 2.24) is 20.5 Å². The molecule has 63 heavy (non-hydrogen) atoms. The molecule has 332 valence electrons. The van der Waals surface area contributed by atoms with Crippen LogP contribution in [0.2, 0.25) is 5.02 Å². The summed E-state index contributed by atoms with van der Waals surface area (Å²) in [5, 5.41) is 6.12. The van der Waals surface area contributed by atoms with E-state index in [-0.39, 0.29) is 57.1 Å².